The Morgan fingerprint density at radius 1 is 1.21 bits per heavy atom. The normalized spacial score (nSPS) is 19.4. The average molecular weight is 399 g/mol. The number of nitrogens with one attached hydrogen (secondary N) is 2. The maximum absolute atomic E-state index is 5.59. The molecule has 1 aromatic carbocycles. The fraction of sp³-hybridized carbons (Fsp3) is 0.500. The molecule has 2 aliphatic rings. The summed E-state index contributed by atoms with van der Waals surface area (Å²) in [6.07, 6.45) is 4.65. The Bertz CT molecular complexity index is 793. The molecule has 0 atom stereocenters. The van der Waals surface area contributed by atoms with Crippen molar-refractivity contribution < 1.29 is 4.74 Å². The summed E-state index contributed by atoms with van der Waals surface area (Å²) in [4.78, 5) is 6.96. The molecule has 0 amide bonds. The van der Waals surface area contributed by atoms with Gasteiger partial charge < -0.3 is 20.3 Å². The molecule has 0 bridgehead atoms. The summed E-state index contributed by atoms with van der Waals surface area (Å²) < 4.78 is 5.59. The van der Waals surface area contributed by atoms with Gasteiger partial charge in [-0.15, -0.1) is 11.3 Å². The zero-order chi connectivity index (χ0) is 19.4. The van der Waals surface area contributed by atoms with Gasteiger partial charge >= 0.3 is 0 Å². The van der Waals surface area contributed by atoms with E-state index >= 15 is 0 Å². The average Bonchev–Trinajstić information content (AvgIpc) is 3.34. The molecule has 1 aliphatic heterocycles. The maximum atomic E-state index is 5.59. The number of thiophene rings is 1. The number of ether oxygens (including phenoxy) is 1. The van der Waals surface area contributed by atoms with Crippen molar-refractivity contribution in [3.8, 4) is 5.75 Å². The van der Waals surface area contributed by atoms with E-state index < -0.39 is 0 Å². The molecule has 2 fully saturated rings. The molecule has 28 heavy (non-hydrogen) atoms. The molecule has 150 valence electrons. The lowest BCUT2D eigenvalue weighted by molar-refractivity contribution is 0.403. The molecule has 2 aromatic rings. The first-order valence-electron chi connectivity index (χ1n) is 10.1. The van der Waals surface area contributed by atoms with Crippen molar-refractivity contribution in [3.63, 3.8) is 0 Å². The molecule has 4 rings (SSSR count). The summed E-state index contributed by atoms with van der Waals surface area (Å²) in [6, 6.07) is 13.2. The second-order valence-electron chi connectivity index (χ2n) is 7.76. The Hall–Kier alpha value is -2.21. The van der Waals surface area contributed by atoms with Gasteiger partial charge in [-0.1, -0.05) is 18.2 Å². The number of piperidine rings is 1. The molecular weight excluding hydrogens is 368 g/mol. The number of hydrogen-bond donors (Lipinski definition) is 2. The summed E-state index contributed by atoms with van der Waals surface area (Å²) in [6.45, 7) is 3.09. The second-order valence-corrected chi connectivity index (χ2v) is 8.69. The van der Waals surface area contributed by atoms with Crippen LogP contribution < -0.4 is 20.3 Å². The van der Waals surface area contributed by atoms with Crippen LogP contribution in [0.4, 0.5) is 5.00 Å². The van der Waals surface area contributed by atoms with Crippen LogP contribution in [0, 0.1) is 0 Å². The lowest BCUT2D eigenvalue weighted by atomic mass is 9.95. The Labute approximate surface area is 171 Å². The SMILES string of the molecule is CN=C(NCC1(c2ccccc2OC)CC1)NC1CCN(c2cccs2)CC1. The van der Waals surface area contributed by atoms with Crippen LogP contribution >= 0.6 is 11.3 Å². The number of anilines is 1. The predicted molar refractivity (Wildman–Crippen MR) is 118 cm³/mol. The van der Waals surface area contributed by atoms with Crippen molar-refractivity contribution in [3.05, 3.63) is 47.3 Å². The third kappa shape index (κ3) is 4.12. The number of para-hydroxylation sites is 1. The standard InChI is InChI=1S/C22H30N4OS/c1-23-21(25-17-9-13-26(14-10-17)20-8-5-15-28-20)24-16-22(11-12-22)18-6-3-4-7-19(18)27-2/h3-8,15,17H,9-14,16H2,1-2H3,(H2,23,24,25). The van der Waals surface area contributed by atoms with Crippen LogP contribution in [0.3, 0.4) is 0 Å². The number of benzene rings is 1. The summed E-state index contributed by atoms with van der Waals surface area (Å²) in [5.74, 6) is 1.90. The fourth-order valence-electron chi connectivity index (χ4n) is 4.11. The number of methoxy groups -OCH3 is 1. The van der Waals surface area contributed by atoms with Gasteiger partial charge in [-0.2, -0.15) is 0 Å². The van der Waals surface area contributed by atoms with Gasteiger partial charge in [0.15, 0.2) is 5.96 Å². The van der Waals surface area contributed by atoms with Crippen molar-refractivity contribution >= 4 is 22.3 Å². The van der Waals surface area contributed by atoms with E-state index in [2.05, 4.69) is 56.2 Å². The molecule has 2 N–H and O–H groups in total. The zero-order valence-electron chi connectivity index (χ0n) is 16.8. The lowest BCUT2D eigenvalue weighted by Gasteiger charge is -2.33. The third-order valence-corrected chi connectivity index (χ3v) is 6.93. The van der Waals surface area contributed by atoms with Crippen LogP contribution in [0.1, 0.15) is 31.2 Å². The van der Waals surface area contributed by atoms with Crippen molar-refractivity contribution in [2.24, 2.45) is 4.99 Å². The largest absolute Gasteiger partial charge is 0.496 e. The summed E-state index contributed by atoms with van der Waals surface area (Å²) in [5, 5.41) is 10.8. The number of aliphatic imine (C=N–C) groups is 1. The molecule has 0 unspecified atom stereocenters. The maximum Gasteiger partial charge on any atom is 0.191 e. The van der Waals surface area contributed by atoms with Crippen LogP contribution in [0.2, 0.25) is 0 Å². The first-order chi connectivity index (χ1) is 13.7. The zero-order valence-corrected chi connectivity index (χ0v) is 17.6. The Balaban J connectivity index is 1.30. The first-order valence-corrected chi connectivity index (χ1v) is 11.0. The summed E-state index contributed by atoms with van der Waals surface area (Å²) >= 11 is 1.83. The first kappa shape index (κ1) is 19.1. The molecule has 6 heteroatoms. The van der Waals surface area contributed by atoms with Crippen molar-refractivity contribution in [2.75, 3.05) is 38.7 Å². The molecule has 1 aliphatic carbocycles. The molecule has 0 spiro atoms. The fourth-order valence-corrected chi connectivity index (χ4v) is 4.90. The number of hydrogen-bond acceptors (Lipinski definition) is 4. The van der Waals surface area contributed by atoms with Gasteiger partial charge in [0, 0.05) is 43.7 Å². The van der Waals surface area contributed by atoms with Gasteiger partial charge in [0.25, 0.3) is 0 Å². The van der Waals surface area contributed by atoms with Crippen LogP contribution in [-0.2, 0) is 5.41 Å². The van der Waals surface area contributed by atoms with Crippen molar-refractivity contribution in [1.82, 2.24) is 10.6 Å². The molecule has 0 radical (unpaired) electrons. The highest BCUT2D eigenvalue weighted by Gasteiger charge is 2.46. The van der Waals surface area contributed by atoms with E-state index in [9.17, 15) is 0 Å². The van der Waals surface area contributed by atoms with Crippen molar-refractivity contribution in [2.45, 2.75) is 37.1 Å². The van der Waals surface area contributed by atoms with Crippen LogP contribution in [-0.4, -0.2) is 45.8 Å². The Kier molecular flexibility index (Phi) is 5.76. The van der Waals surface area contributed by atoms with Gasteiger partial charge in [0.05, 0.1) is 12.1 Å². The van der Waals surface area contributed by atoms with E-state index in [-0.39, 0.29) is 5.41 Å². The van der Waals surface area contributed by atoms with E-state index in [0.29, 0.717) is 6.04 Å². The van der Waals surface area contributed by atoms with Crippen LogP contribution in [0.15, 0.2) is 46.8 Å². The molecule has 2 heterocycles. The van der Waals surface area contributed by atoms with Gasteiger partial charge in [-0.05, 0) is 49.3 Å². The quantitative estimate of drug-likeness (QED) is 0.576. The molecule has 1 saturated heterocycles. The highest BCUT2D eigenvalue weighted by Crippen LogP contribution is 2.50. The molecule has 1 aromatic heterocycles. The Morgan fingerprint density at radius 3 is 2.64 bits per heavy atom. The highest BCUT2D eigenvalue weighted by atomic mass is 32.1. The number of nitrogens with zero attached hydrogens (tertiary/aromatic N) is 2. The summed E-state index contributed by atoms with van der Waals surface area (Å²) in [5.41, 5.74) is 1.48. The van der Waals surface area contributed by atoms with E-state index in [1.54, 1.807) is 7.11 Å². The minimum absolute atomic E-state index is 0.173. The van der Waals surface area contributed by atoms with Crippen LogP contribution in [0.25, 0.3) is 0 Å². The smallest absolute Gasteiger partial charge is 0.191 e. The molecule has 5 nitrogen and oxygen atoms in total. The lowest BCUT2D eigenvalue weighted by Crippen LogP contribution is -2.49. The third-order valence-electron chi connectivity index (χ3n) is 6.00. The van der Waals surface area contributed by atoms with Crippen molar-refractivity contribution in [1.29, 1.82) is 0 Å². The number of rotatable bonds is 6. The van der Waals surface area contributed by atoms with Gasteiger partial charge in [0.1, 0.15) is 5.75 Å². The van der Waals surface area contributed by atoms with E-state index in [1.165, 1.54) is 23.4 Å². The topological polar surface area (TPSA) is 48.9 Å². The second kappa shape index (κ2) is 8.43. The minimum Gasteiger partial charge on any atom is -0.496 e. The van der Waals surface area contributed by atoms with Gasteiger partial charge in [0.2, 0.25) is 0 Å². The van der Waals surface area contributed by atoms with Crippen LogP contribution in [0.5, 0.6) is 5.75 Å². The Morgan fingerprint density at radius 2 is 2.00 bits per heavy atom. The molecular formula is C22H30N4OS. The summed E-state index contributed by atoms with van der Waals surface area (Å²) in [7, 11) is 3.62. The highest BCUT2D eigenvalue weighted by molar-refractivity contribution is 7.14. The van der Waals surface area contributed by atoms with Gasteiger partial charge in [-0.3, -0.25) is 4.99 Å². The number of guanidine groups is 1. The minimum atomic E-state index is 0.173. The van der Waals surface area contributed by atoms with E-state index in [0.717, 1.165) is 44.2 Å². The van der Waals surface area contributed by atoms with E-state index in [4.69, 9.17) is 4.74 Å². The predicted octanol–water partition coefficient (Wildman–Crippen LogP) is 3.62. The van der Waals surface area contributed by atoms with Gasteiger partial charge in [-0.25, -0.2) is 0 Å². The molecule has 1 saturated carbocycles. The monoisotopic (exact) mass is 398 g/mol. The van der Waals surface area contributed by atoms with E-state index in [1.807, 2.05) is 24.5 Å².